The number of para-hydroxylation sites is 1. The molecule has 1 aliphatic carbocycles. The lowest BCUT2D eigenvalue weighted by molar-refractivity contribution is -0.152. The van der Waals surface area contributed by atoms with Crippen LogP contribution in [0.1, 0.15) is 38.5 Å². The summed E-state index contributed by atoms with van der Waals surface area (Å²) in [6.45, 7) is 5.78. The topological polar surface area (TPSA) is 67.8 Å². The van der Waals surface area contributed by atoms with Gasteiger partial charge in [-0.05, 0) is 38.2 Å². The molecule has 0 bridgehead atoms. The summed E-state index contributed by atoms with van der Waals surface area (Å²) in [6.07, 6.45) is 8.60. The predicted molar refractivity (Wildman–Crippen MR) is 115 cm³/mol. The average molecular weight is 413 g/mol. The van der Waals surface area contributed by atoms with E-state index in [-0.39, 0.29) is 12.1 Å². The number of rotatable bonds is 8. The Morgan fingerprint density at radius 2 is 1.80 bits per heavy atom. The van der Waals surface area contributed by atoms with E-state index in [1.807, 2.05) is 24.3 Å². The highest BCUT2D eigenvalue weighted by Gasteiger charge is 2.22. The molecule has 162 valence electrons. The molecule has 0 radical (unpaired) electrons. The van der Waals surface area contributed by atoms with Crippen molar-refractivity contribution in [3.05, 3.63) is 30.5 Å². The molecule has 1 aromatic heterocycles. The Morgan fingerprint density at radius 1 is 1.03 bits per heavy atom. The second kappa shape index (κ2) is 10.7. The first-order valence-corrected chi connectivity index (χ1v) is 11.2. The van der Waals surface area contributed by atoms with E-state index in [9.17, 15) is 4.79 Å². The van der Waals surface area contributed by atoms with Crippen LogP contribution in [0, 0.1) is 0 Å². The second-order valence-electron chi connectivity index (χ2n) is 8.28. The van der Waals surface area contributed by atoms with Crippen molar-refractivity contribution in [3.8, 4) is 6.01 Å². The van der Waals surface area contributed by atoms with Crippen molar-refractivity contribution in [2.45, 2.75) is 44.6 Å². The highest BCUT2D eigenvalue weighted by molar-refractivity contribution is 5.77. The van der Waals surface area contributed by atoms with Gasteiger partial charge in [-0.15, -0.1) is 0 Å². The smallest absolute Gasteiger partial charge is 0.320 e. The van der Waals surface area contributed by atoms with Gasteiger partial charge in [-0.3, -0.25) is 9.69 Å². The molecule has 1 saturated carbocycles. The number of nitrogens with zero attached hydrogens (tertiary/aromatic N) is 4. The Kier molecular flexibility index (Phi) is 7.48. The number of hydrogen-bond acceptors (Lipinski definition) is 7. The SMILES string of the molecule is O=C(CN1CCN(CCCOc2ncc3ccccc3n2)CC1)OC1CCCCC1. The van der Waals surface area contributed by atoms with E-state index in [4.69, 9.17) is 9.47 Å². The molecule has 4 rings (SSSR count). The summed E-state index contributed by atoms with van der Waals surface area (Å²) >= 11 is 0. The van der Waals surface area contributed by atoms with Crippen LogP contribution < -0.4 is 4.74 Å². The fourth-order valence-corrected chi connectivity index (χ4v) is 4.24. The van der Waals surface area contributed by atoms with Gasteiger partial charge in [0.25, 0.3) is 0 Å². The van der Waals surface area contributed by atoms with Crippen molar-refractivity contribution in [2.24, 2.45) is 0 Å². The molecule has 0 unspecified atom stereocenters. The van der Waals surface area contributed by atoms with Gasteiger partial charge >= 0.3 is 12.0 Å². The minimum Gasteiger partial charge on any atom is -0.463 e. The van der Waals surface area contributed by atoms with Crippen LogP contribution in [0.25, 0.3) is 10.9 Å². The van der Waals surface area contributed by atoms with Gasteiger partial charge in [0.2, 0.25) is 0 Å². The molecule has 1 aromatic carbocycles. The highest BCUT2D eigenvalue weighted by Crippen LogP contribution is 2.20. The van der Waals surface area contributed by atoms with Crippen LogP contribution >= 0.6 is 0 Å². The summed E-state index contributed by atoms with van der Waals surface area (Å²) in [5.74, 6) is -0.0564. The third-order valence-corrected chi connectivity index (χ3v) is 5.98. The zero-order valence-corrected chi connectivity index (χ0v) is 17.7. The summed E-state index contributed by atoms with van der Waals surface area (Å²) in [5, 5.41) is 1.02. The van der Waals surface area contributed by atoms with E-state index in [1.165, 1.54) is 19.3 Å². The fourth-order valence-electron chi connectivity index (χ4n) is 4.24. The summed E-state index contributed by atoms with van der Waals surface area (Å²) < 4.78 is 11.4. The minimum atomic E-state index is -0.0564. The molecule has 0 spiro atoms. The molecular weight excluding hydrogens is 380 g/mol. The van der Waals surface area contributed by atoms with Crippen molar-refractivity contribution in [1.82, 2.24) is 19.8 Å². The largest absolute Gasteiger partial charge is 0.463 e. The summed E-state index contributed by atoms with van der Waals surface area (Å²) in [5.41, 5.74) is 0.903. The molecule has 7 nitrogen and oxygen atoms in total. The molecule has 30 heavy (non-hydrogen) atoms. The lowest BCUT2D eigenvalue weighted by Crippen LogP contribution is -2.48. The van der Waals surface area contributed by atoms with E-state index in [1.54, 1.807) is 6.20 Å². The third-order valence-electron chi connectivity index (χ3n) is 5.98. The number of carbonyl (C=O) groups is 1. The number of piperazine rings is 1. The van der Waals surface area contributed by atoms with Gasteiger partial charge in [-0.2, -0.15) is 4.98 Å². The minimum absolute atomic E-state index is 0.0564. The van der Waals surface area contributed by atoms with Crippen LogP contribution in [-0.4, -0.2) is 77.7 Å². The first kappa shape index (κ1) is 21.0. The Labute approximate surface area is 178 Å². The third kappa shape index (κ3) is 6.12. The van der Waals surface area contributed by atoms with Gasteiger partial charge in [0.1, 0.15) is 6.10 Å². The van der Waals surface area contributed by atoms with Gasteiger partial charge in [0.15, 0.2) is 0 Å². The number of ether oxygens (including phenoxy) is 2. The molecule has 2 heterocycles. The molecule has 0 atom stereocenters. The lowest BCUT2D eigenvalue weighted by Gasteiger charge is -2.34. The second-order valence-corrected chi connectivity index (χ2v) is 8.28. The maximum atomic E-state index is 12.2. The number of fused-ring (bicyclic) bond motifs is 1. The van der Waals surface area contributed by atoms with E-state index >= 15 is 0 Å². The molecule has 0 amide bonds. The summed E-state index contributed by atoms with van der Waals surface area (Å²) in [7, 11) is 0. The van der Waals surface area contributed by atoms with Gasteiger partial charge in [0.05, 0.1) is 18.7 Å². The Bertz CT molecular complexity index is 817. The fraction of sp³-hybridized carbons (Fsp3) is 0.609. The van der Waals surface area contributed by atoms with Crippen LogP contribution in [0.4, 0.5) is 0 Å². The standard InChI is InChI=1S/C23H32N4O3/c28-22(30-20-8-2-1-3-9-20)18-27-14-12-26(13-15-27)11-6-16-29-23-24-17-19-7-4-5-10-21(19)25-23/h4-5,7,10,17,20H,1-3,6,8-9,11-16,18H2. The predicted octanol–water partition coefficient (Wildman–Crippen LogP) is 2.89. The van der Waals surface area contributed by atoms with E-state index in [0.717, 1.165) is 62.9 Å². The quantitative estimate of drug-likeness (QED) is 0.488. The van der Waals surface area contributed by atoms with Gasteiger partial charge in [0, 0.05) is 44.3 Å². The van der Waals surface area contributed by atoms with Crippen molar-refractivity contribution in [2.75, 3.05) is 45.9 Å². The zero-order valence-electron chi connectivity index (χ0n) is 17.7. The first-order valence-electron chi connectivity index (χ1n) is 11.2. The van der Waals surface area contributed by atoms with Crippen LogP contribution in [0.3, 0.4) is 0 Å². The Morgan fingerprint density at radius 3 is 2.63 bits per heavy atom. The van der Waals surface area contributed by atoms with Gasteiger partial charge < -0.3 is 14.4 Å². The lowest BCUT2D eigenvalue weighted by atomic mass is 9.98. The first-order chi connectivity index (χ1) is 14.8. The number of esters is 1. The Balaban J connectivity index is 1.10. The molecule has 0 N–H and O–H groups in total. The highest BCUT2D eigenvalue weighted by atomic mass is 16.5. The average Bonchev–Trinajstić information content (AvgIpc) is 2.78. The van der Waals surface area contributed by atoms with Crippen molar-refractivity contribution < 1.29 is 14.3 Å². The zero-order chi connectivity index (χ0) is 20.6. The number of carbonyl (C=O) groups excluding carboxylic acids is 1. The Hall–Kier alpha value is -2.25. The molecule has 2 fully saturated rings. The molecular formula is C23H32N4O3. The van der Waals surface area contributed by atoms with E-state index in [2.05, 4.69) is 19.8 Å². The molecule has 2 aliphatic rings. The molecule has 1 aliphatic heterocycles. The van der Waals surface area contributed by atoms with Crippen LogP contribution in [0.2, 0.25) is 0 Å². The summed E-state index contributed by atoms with van der Waals surface area (Å²) in [6, 6.07) is 8.35. The van der Waals surface area contributed by atoms with Crippen LogP contribution in [0.15, 0.2) is 30.5 Å². The summed E-state index contributed by atoms with van der Waals surface area (Å²) in [4.78, 5) is 25.5. The number of hydrogen-bond donors (Lipinski definition) is 0. The van der Waals surface area contributed by atoms with Crippen LogP contribution in [0.5, 0.6) is 6.01 Å². The van der Waals surface area contributed by atoms with Crippen molar-refractivity contribution in [1.29, 1.82) is 0 Å². The normalized spacial score (nSPS) is 19.1. The monoisotopic (exact) mass is 412 g/mol. The maximum absolute atomic E-state index is 12.2. The van der Waals surface area contributed by atoms with E-state index in [0.29, 0.717) is 19.2 Å². The van der Waals surface area contributed by atoms with Gasteiger partial charge in [-0.25, -0.2) is 4.98 Å². The van der Waals surface area contributed by atoms with Crippen molar-refractivity contribution >= 4 is 16.9 Å². The van der Waals surface area contributed by atoms with Crippen molar-refractivity contribution in [3.63, 3.8) is 0 Å². The van der Waals surface area contributed by atoms with Crippen LogP contribution in [-0.2, 0) is 9.53 Å². The number of benzene rings is 1. The van der Waals surface area contributed by atoms with E-state index < -0.39 is 0 Å². The molecule has 2 aromatic rings. The number of aromatic nitrogens is 2. The van der Waals surface area contributed by atoms with Gasteiger partial charge in [-0.1, -0.05) is 24.6 Å². The maximum Gasteiger partial charge on any atom is 0.320 e. The molecule has 1 saturated heterocycles. The molecule has 7 heteroatoms.